The number of rotatable bonds is 6. The molecular formula is C21H16F3N3O4. The summed E-state index contributed by atoms with van der Waals surface area (Å²) in [7, 11) is 0. The van der Waals surface area contributed by atoms with E-state index in [4.69, 9.17) is 6.57 Å². The van der Waals surface area contributed by atoms with Crippen LogP contribution in [0.2, 0.25) is 0 Å². The Bertz CT molecular complexity index is 1220. The highest BCUT2D eigenvalue weighted by molar-refractivity contribution is 5.91. The first kappa shape index (κ1) is 22.0. The molecule has 31 heavy (non-hydrogen) atoms. The zero-order valence-corrected chi connectivity index (χ0v) is 16.2. The average Bonchev–Trinajstić information content (AvgIpc) is 3.09. The van der Waals surface area contributed by atoms with Gasteiger partial charge in [-0.2, -0.15) is 13.2 Å². The maximum absolute atomic E-state index is 13.1. The number of carbonyl (C=O) groups is 1. The fourth-order valence-corrected chi connectivity index (χ4v) is 3.32. The molecule has 1 aromatic heterocycles. The van der Waals surface area contributed by atoms with Crippen LogP contribution in [0.25, 0.3) is 15.7 Å². The van der Waals surface area contributed by atoms with Gasteiger partial charge in [0.25, 0.3) is 5.69 Å². The minimum atomic E-state index is -4.75. The summed E-state index contributed by atoms with van der Waals surface area (Å²) in [4.78, 5) is 26.1. The molecule has 7 nitrogen and oxygen atoms in total. The summed E-state index contributed by atoms with van der Waals surface area (Å²) in [6.07, 6.45) is -3.74. The lowest BCUT2D eigenvalue weighted by Crippen LogP contribution is -2.40. The van der Waals surface area contributed by atoms with Gasteiger partial charge in [0, 0.05) is 18.7 Å². The molecule has 1 heterocycles. The number of ketones is 1. The lowest BCUT2D eigenvalue weighted by molar-refractivity contribution is -0.383. The molecule has 3 aromatic rings. The number of halogens is 3. The average molecular weight is 431 g/mol. The first-order valence-corrected chi connectivity index (χ1v) is 8.99. The topological polar surface area (TPSA) is 89.7 Å². The summed E-state index contributed by atoms with van der Waals surface area (Å²) in [6, 6.07) is 8.87. The second-order valence-electron chi connectivity index (χ2n) is 7.25. The summed E-state index contributed by atoms with van der Waals surface area (Å²) in [5.74, 6) is -0.733. The molecule has 2 aromatic carbocycles. The van der Waals surface area contributed by atoms with Crippen LogP contribution in [0.1, 0.15) is 18.1 Å². The number of fused-ring (bicyclic) bond motifs is 1. The molecule has 160 valence electrons. The third-order valence-corrected chi connectivity index (χ3v) is 4.92. The Morgan fingerprint density at radius 1 is 1.26 bits per heavy atom. The van der Waals surface area contributed by atoms with E-state index in [1.54, 1.807) is 6.07 Å². The standard InChI is InChI=1S/C21H16F3N3O4/c1-20(29,12-26-9-8-14-17(26)4-3-5-18(14)27(30)31)19(28)11-13-6-7-16(25-2)15(10-13)21(22,23)24/h3-10,29H,11-12H2,1H3/t20-/m0/s1. The minimum absolute atomic E-state index is 0.0120. The predicted molar refractivity (Wildman–Crippen MR) is 106 cm³/mol. The maximum atomic E-state index is 13.1. The molecule has 0 aliphatic carbocycles. The van der Waals surface area contributed by atoms with E-state index in [-0.39, 0.29) is 17.8 Å². The third-order valence-electron chi connectivity index (χ3n) is 4.92. The lowest BCUT2D eigenvalue weighted by Gasteiger charge is -2.23. The number of nitrogens with zero attached hydrogens (tertiary/aromatic N) is 3. The number of nitro groups is 1. The lowest BCUT2D eigenvalue weighted by atomic mass is 9.94. The van der Waals surface area contributed by atoms with Crippen molar-refractivity contribution >= 4 is 28.1 Å². The van der Waals surface area contributed by atoms with Crippen molar-refractivity contribution in [3.63, 3.8) is 0 Å². The number of hydrogen-bond donors (Lipinski definition) is 1. The molecule has 0 saturated carbocycles. The van der Waals surface area contributed by atoms with Gasteiger partial charge in [-0.25, -0.2) is 4.85 Å². The Morgan fingerprint density at radius 3 is 2.58 bits per heavy atom. The predicted octanol–water partition coefficient (Wildman–Crippen LogP) is 4.68. The summed E-state index contributed by atoms with van der Waals surface area (Å²) in [6.45, 7) is 7.85. The monoisotopic (exact) mass is 431 g/mol. The number of aliphatic hydroxyl groups is 1. The van der Waals surface area contributed by atoms with Crippen molar-refractivity contribution in [1.82, 2.24) is 4.57 Å². The Labute approximate surface area is 174 Å². The molecule has 0 aliphatic heterocycles. The van der Waals surface area contributed by atoms with E-state index >= 15 is 0 Å². The van der Waals surface area contributed by atoms with Crippen LogP contribution in [-0.4, -0.2) is 26.0 Å². The van der Waals surface area contributed by atoms with Crippen LogP contribution < -0.4 is 0 Å². The van der Waals surface area contributed by atoms with E-state index in [2.05, 4.69) is 4.85 Å². The zero-order valence-electron chi connectivity index (χ0n) is 16.2. The normalized spacial score (nSPS) is 13.5. The van der Waals surface area contributed by atoms with Gasteiger partial charge < -0.3 is 9.67 Å². The second-order valence-corrected chi connectivity index (χ2v) is 7.25. The van der Waals surface area contributed by atoms with Crippen LogP contribution in [0.4, 0.5) is 24.5 Å². The van der Waals surface area contributed by atoms with Crippen molar-refractivity contribution in [2.75, 3.05) is 0 Å². The molecule has 10 heteroatoms. The number of aromatic nitrogens is 1. The van der Waals surface area contributed by atoms with Crippen molar-refractivity contribution in [3.8, 4) is 0 Å². The maximum Gasteiger partial charge on any atom is 0.407 e. The number of alkyl halides is 3. The number of carbonyl (C=O) groups excluding carboxylic acids is 1. The molecule has 0 bridgehead atoms. The van der Waals surface area contributed by atoms with E-state index in [0.29, 0.717) is 10.9 Å². The highest BCUT2D eigenvalue weighted by atomic mass is 19.4. The SMILES string of the molecule is [C-]#[N+]c1ccc(CC(=O)[C@@](C)(O)Cn2ccc3c([N+](=O)[O-])cccc32)cc1C(F)(F)F. The van der Waals surface area contributed by atoms with Crippen LogP contribution in [0.15, 0.2) is 48.7 Å². The molecule has 1 atom stereocenters. The van der Waals surface area contributed by atoms with Crippen molar-refractivity contribution < 1.29 is 28.0 Å². The number of non-ortho nitro benzene ring substituents is 1. The van der Waals surface area contributed by atoms with Gasteiger partial charge >= 0.3 is 6.18 Å². The summed E-state index contributed by atoms with van der Waals surface area (Å²) >= 11 is 0. The Balaban J connectivity index is 1.86. The van der Waals surface area contributed by atoms with E-state index in [1.165, 1.54) is 42.0 Å². The van der Waals surface area contributed by atoms with Gasteiger partial charge in [-0.1, -0.05) is 24.3 Å². The van der Waals surface area contributed by atoms with Gasteiger partial charge in [0.2, 0.25) is 0 Å². The molecular weight excluding hydrogens is 415 g/mol. The first-order chi connectivity index (χ1) is 14.4. The quantitative estimate of drug-likeness (QED) is 0.349. The summed E-state index contributed by atoms with van der Waals surface area (Å²) < 4.78 is 40.9. The van der Waals surface area contributed by atoms with E-state index in [1.807, 2.05) is 0 Å². The molecule has 0 unspecified atom stereocenters. The van der Waals surface area contributed by atoms with Crippen LogP contribution in [0.5, 0.6) is 0 Å². The third kappa shape index (κ3) is 4.41. The van der Waals surface area contributed by atoms with Gasteiger partial charge in [-0.3, -0.25) is 14.9 Å². The second kappa shape index (κ2) is 7.85. The summed E-state index contributed by atoms with van der Waals surface area (Å²) in [5.41, 5.74) is -3.34. The van der Waals surface area contributed by atoms with Gasteiger partial charge in [0.05, 0.1) is 34.5 Å². The highest BCUT2D eigenvalue weighted by Crippen LogP contribution is 2.37. The molecule has 0 saturated heterocycles. The smallest absolute Gasteiger partial charge is 0.380 e. The van der Waals surface area contributed by atoms with Gasteiger partial charge in [0.15, 0.2) is 11.5 Å². The Kier molecular flexibility index (Phi) is 5.57. The van der Waals surface area contributed by atoms with Crippen LogP contribution >= 0.6 is 0 Å². The fraction of sp³-hybridized carbons (Fsp3) is 0.238. The number of hydrogen-bond acceptors (Lipinski definition) is 4. The Hall–Kier alpha value is -3.71. The number of Topliss-reactive ketones (excluding diaryl/α,β-unsaturated/α-hetero) is 1. The van der Waals surface area contributed by atoms with Crippen LogP contribution in [-0.2, 0) is 23.9 Å². The molecule has 0 radical (unpaired) electrons. The van der Waals surface area contributed by atoms with Crippen LogP contribution in [0, 0.1) is 16.7 Å². The minimum Gasteiger partial charge on any atom is -0.380 e. The zero-order chi connectivity index (χ0) is 23.0. The van der Waals surface area contributed by atoms with Crippen molar-refractivity contribution in [3.05, 3.63) is 81.3 Å². The van der Waals surface area contributed by atoms with Crippen molar-refractivity contribution in [2.45, 2.75) is 31.7 Å². The number of benzene rings is 2. The van der Waals surface area contributed by atoms with Gasteiger partial charge in [-0.05, 0) is 24.6 Å². The van der Waals surface area contributed by atoms with Crippen molar-refractivity contribution in [1.29, 1.82) is 0 Å². The Morgan fingerprint density at radius 2 is 1.97 bits per heavy atom. The largest absolute Gasteiger partial charge is 0.407 e. The summed E-state index contributed by atoms with van der Waals surface area (Å²) in [5, 5.41) is 22.2. The van der Waals surface area contributed by atoms with Gasteiger partial charge in [0.1, 0.15) is 5.60 Å². The molecule has 3 rings (SSSR count). The molecule has 0 amide bonds. The molecule has 1 N–H and O–H groups in total. The molecule has 0 aliphatic rings. The van der Waals surface area contributed by atoms with Crippen LogP contribution in [0.3, 0.4) is 0 Å². The van der Waals surface area contributed by atoms with Gasteiger partial charge in [-0.15, -0.1) is 0 Å². The first-order valence-electron chi connectivity index (χ1n) is 8.99. The van der Waals surface area contributed by atoms with E-state index in [9.17, 15) is 33.2 Å². The van der Waals surface area contributed by atoms with E-state index < -0.39 is 40.2 Å². The number of nitro benzene ring substituents is 1. The highest BCUT2D eigenvalue weighted by Gasteiger charge is 2.35. The fourth-order valence-electron chi connectivity index (χ4n) is 3.32. The molecule has 0 fully saturated rings. The van der Waals surface area contributed by atoms with E-state index in [0.717, 1.165) is 12.1 Å². The molecule has 0 spiro atoms. The van der Waals surface area contributed by atoms with Crippen molar-refractivity contribution in [2.24, 2.45) is 0 Å².